The zero-order valence-electron chi connectivity index (χ0n) is 28.8. The molecule has 0 spiro atoms. The first kappa shape index (κ1) is 35.6. The standard InChI is InChI=1S/C42H41ClN4O4/c1-26-32(6-3-8-37(26)38-9-4-7-36(27(38)2)31-12-11-30-16-35(45)17-33(30)15-31)25-51-41-19-40(50-24-29-14-28(20-44)21-47-22-29)34(18-39(41)43)23-46-13-5-10-42(48)49/h3-4,6-9,11-12,14-15,18-19,21-22,35,46H,5,10,13,16-17,23-25,45H2,1-2H3,(H,48,49). The molecule has 1 aliphatic rings. The molecular weight excluding hydrogens is 660 g/mol. The normalized spacial score (nSPS) is 13.4. The molecule has 1 aliphatic carbocycles. The molecule has 5 aromatic rings. The van der Waals surface area contributed by atoms with Crippen molar-refractivity contribution >= 4 is 17.6 Å². The number of ether oxygens (including phenoxy) is 2. The number of fused-ring (bicyclic) bond motifs is 1. The number of benzene rings is 4. The number of halogens is 1. The smallest absolute Gasteiger partial charge is 0.303 e. The largest absolute Gasteiger partial charge is 0.488 e. The van der Waals surface area contributed by atoms with Crippen LogP contribution < -0.4 is 20.5 Å². The van der Waals surface area contributed by atoms with Gasteiger partial charge in [-0.25, -0.2) is 0 Å². The maximum Gasteiger partial charge on any atom is 0.303 e. The lowest BCUT2D eigenvalue weighted by atomic mass is 9.89. The van der Waals surface area contributed by atoms with Crippen molar-refractivity contribution in [2.24, 2.45) is 5.73 Å². The van der Waals surface area contributed by atoms with Crippen molar-refractivity contribution in [3.63, 3.8) is 0 Å². The second kappa shape index (κ2) is 16.2. The quantitative estimate of drug-likeness (QED) is 0.0991. The number of rotatable bonds is 14. The Morgan fingerprint density at radius 3 is 2.47 bits per heavy atom. The number of carboxylic acid groups (broad SMARTS) is 1. The van der Waals surface area contributed by atoms with E-state index in [1.807, 2.05) is 6.07 Å². The van der Waals surface area contributed by atoms with Crippen molar-refractivity contribution < 1.29 is 19.4 Å². The van der Waals surface area contributed by atoms with Crippen LogP contribution in [0.3, 0.4) is 0 Å². The van der Waals surface area contributed by atoms with E-state index in [1.54, 1.807) is 18.3 Å². The molecule has 8 nitrogen and oxygen atoms in total. The van der Waals surface area contributed by atoms with Gasteiger partial charge in [0.05, 0.1) is 10.6 Å². The summed E-state index contributed by atoms with van der Waals surface area (Å²) in [6, 6.07) is 27.1. The molecule has 9 heteroatoms. The van der Waals surface area contributed by atoms with Crippen LogP contribution in [0.25, 0.3) is 22.3 Å². The van der Waals surface area contributed by atoms with Gasteiger partial charge in [-0.1, -0.05) is 66.2 Å². The predicted molar refractivity (Wildman–Crippen MR) is 200 cm³/mol. The second-order valence-electron chi connectivity index (χ2n) is 13.1. The summed E-state index contributed by atoms with van der Waals surface area (Å²) in [7, 11) is 0. The van der Waals surface area contributed by atoms with Gasteiger partial charge in [0.15, 0.2) is 0 Å². The summed E-state index contributed by atoms with van der Waals surface area (Å²) in [6.45, 7) is 5.73. The Labute approximate surface area is 303 Å². The summed E-state index contributed by atoms with van der Waals surface area (Å²) in [5, 5.41) is 22.0. The monoisotopic (exact) mass is 700 g/mol. The summed E-state index contributed by atoms with van der Waals surface area (Å²) in [5.74, 6) is 0.210. The Bertz CT molecular complexity index is 2110. The van der Waals surface area contributed by atoms with Gasteiger partial charge >= 0.3 is 5.97 Å². The highest BCUT2D eigenvalue weighted by Gasteiger charge is 2.20. The van der Waals surface area contributed by atoms with Crippen LogP contribution >= 0.6 is 11.6 Å². The van der Waals surface area contributed by atoms with Crippen LogP contribution in [0.2, 0.25) is 5.02 Å². The summed E-state index contributed by atoms with van der Waals surface area (Å²) in [5.41, 5.74) is 19.0. The first-order valence-corrected chi connectivity index (χ1v) is 17.5. The number of carbonyl (C=O) groups is 1. The maximum absolute atomic E-state index is 10.9. The zero-order chi connectivity index (χ0) is 35.9. The van der Waals surface area contributed by atoms with Gasteiger partial charge in [0.1, 0.15) is 30.8 Å². The molecule has 0 saturated carbocycles. The van der Waals surface area contributed by atoms with E-state index in [-0.39, 0.29) is 19.1 Å². The van der Waals surface area contributed by atoms with E-state index in [9.17, 15) is 10.1 Å². The minimum atomic E-state index is -0.830. The van der Waals surface area contributed by atoms with E-state index < -0.39 is 5.97 Å². The van der Waals surface area contributed by atoms with Crippen LogP contribution in [0, 0.1) is 25.2 Å². The van der Waals surface area contributed by atoms with Gasteiger partial charge in [0.25, 0.3) is 0 Å². The van der Waals surface area contributed by atoms with E-state index in [2.05, 4.69) is 84.8 Å². The van der Waals surface area contributed by atoms with Crippen LogP contribution in [-0.2, 0) is 37.4 Å². The lowest BCUT2D eigenvalue weighted by Crippen LogP contribution is -2.18. The second-order valence-corrected chi connectivity index (χ2v) is 13.5. The molecule has 1 heterocycles. The van der Waals surface area contributed by atoms with E-state index in [0.29, 0.717) is 48.2 Å². The van der Waals surface area contributed by atoms with Crippen molar-refractivity contribution in [1.29, 1.82) is 5.26 Å². The van der Waals surface area contributed by atoms with E-state index in [0.717, 1.165) is 40.7 Å². The van der Waals surface area contributed by atoms with Crippen molar-refractivity contribution in [3.8, 4) is 39.8 Å². The number of nitrogens with one attached hydrogen (secondary N) is 1. The average molecular weight is 701 g/mol. The van der Waals surface area contributed by atoms with Crippen molar-refractivity contribution in [3.05, 3.63) is 135 Å². The van der Waals surface area contributed by atoms with Gasteiger partial charge in [-0.3, -0.25) is 9.78 Å². The van der Waals surface area contributed by atoms with Crippen LogP contribution in [0.15, 0.2) is 85.2 Å². The van der Waals surface area contributed by atoms with Crippen LogP contribution in [0.4, 0.5) is 0 Å². The maximum atomic E-state index is 10.9. The Kier molecular flexibility index (Phi) is 11.3. The van der Waals surface area contributed by atoms with Crippen LogP contribution in [-0.4, -0.2) is 28.6 Å². The molecule has 0 bridgehead atoms. The lowest BCUT2D eigenvalue weighted by molar-refractivity contribution is -0.137. The highest BCUT2D eigenvalue weighted by molar-refractivity contribution is 6.32. The molecule has 6 rings (SSSR count). The number of nitriles is 1. The molecule has 0 saturated heterocycles. The predicted octanol–water partition coefficient (Wildman–Crippen LogP) is 8.10. The minimum Gasteiger partial charge on any atom is -0.488 e. The third-order valence-electron chi connectivity index (χ3n) is 9.43. The van der Waals surface area contributed by atoms with E-state index in [4.69, 9.17) is 31.9 Å². The average Bonchev–Trinajstić information content (AvgIpc) is 3.50. The third-order valence-corrected chi connectivity index (χ3v) is 9.72. The van der Waals surface area contributed by atoms with Gasteiger partial charge in [-0.2, -0.15) is 5.26 Å². The molecule has 51 heavy (non-hydrogen) atoms. The molecule has 260 valence electrons. The molecule has 0 aliphatic heterocycles. The first-order valence-electron chi connectivity index (χ1n) is 17.1. The Morgan fingerprint density at radius 1 is 0.922 bits per heavy atom. The summed E-state index contributed by atoms with van der Waals surface area (Å²) in [6.07, 6.45) is 5.61. The summed E-state index contributed by atoms with van der Waals surface area (Å²) >= 11 is 6.77. The fourth-order valence-corrected chi connectivity index (χ4v) is 6.92. The lowest BCUT2D eigenvalue weighted by Gasteiger charge is -2.18. The van der Waals surface area contributed by atoms with Crippen LogP contribution in [0.5, 0.6) is 11.5 Å². The molecule has 1 unspecified atom stereocenters. The number of hydrogen-bond acceptors (Lipinski definition) is 7. The van der Waals surface area contributed by atoms with Gasteiger partial charge in [0.2, 0.25) is 0 Å². The fourth-order valence-electron chi connectivity index (χ4n) is 6.68. The number of carboxylic acids is 1. The first-order chi connectivity index (χ1) is 24.7. The molecule has 0 fully saturated rings. The van der Waals surface area contributed by atoms with Gasteiger partial charge in [0, 0.05) is 48.6 Å². The number of aromatic nitrogens is 1. The highest BCUT2D eigenvalue weighted by atomic mass is 35.5. The molecule has 1 aromatic heterocycles. The van der Waals surface area contributed by atoms with Crippen molar-refractivity contribution in [2.45, 2.75) is 65.3 Å². The van der Waals surface area contributed by atoms with Crippen molar-refractivity contribution in [2.75, 3.05) is 6.54 Å². The molecule has 1 atom stereocenters. The van der Waals surface area contributed by atoms with Gasteiger partial charge in [-0.05, 0) is 102 Å². The number of hydrogen-bond donors (Lipinski definition) is 3. The number of aliphatic carboxylic acids is 1. The fraction of sp³-hybridized carbons (Fsp3) is 0.262. The van der Waals surface area contributed by atoms with Gasteiger partial charge in [-0.15, -0.1) is 0 Å². The molecule has 0 radical (unpaired) electrons. The molecule has 0 amide bonds. The van der Waals surface area contributed by atoms with Crippen molar-refractivity contribution in [1.82, 2.24) is 10.3 Å². The number of pyridine rings is 1. The summed E-state index contributed by atoms with van der Waals surface area (Å²) < 4.78 is 12.6. The highest BCUT2D eigenvalue weighted by Crippen LogP contribution is 2.37. The zero-order valence-corrected chi connectivity index (χ0v) is 29.6. The molecule has 4 N–H and O–H groups in total. The van der Waals surface area contributed by atoms with E-state index in [1.165, 1.54) is 39.6 Å². The van der Waals surface area contributed by atoms with Gasteiger partial charge < -0.3 is 25.6 Å². The van der Waals surface area contributed by atoms with E-state index >= 15 is 0 Å². The minimum absolute atomic E-state index is 0.0853. The Hall–Kier alpha value is -5.20. The topological polar surface area (TPSA) is 130 Å². The summed E-state index contributed by atoms with van der Waals surface area (Å²) in [4.78, 5) is 15.1. The Balaban J connectivity index is 1.22. The van der Waals surface area contributed by atoms with Crippen LogP contribution in [0.1, 0.15) is 57.3 Å². The molecular formula is C42H41ClN4O4. The number of nitrogens with zero attached hydrogens (tertiary/aromatic N) is 2. The third kappa shape index (κ3) is 8.58. The Morgan fingerprint density at radius 2 is 1.67 bits per heavy atom. The number of nitrogens with two attached hydrogens (primary N) is 1. The molecule has 4 aromatic carbocycles. The SMILES string of the molecule is Cc1c(COc2cc(OCc3cncc(C#N)c3)c(CNCCCC(=O)O)cc2Cl)cccc1-c1cccc(-c2ccc3c(c2)CC(N)C3)c1C.